The molecule has 1 aromatic carbocycles. The molecule has 4 nitrogen and oxygen atoms in total. The van der Waals surface area contributed by atoms with Crippen molar-refractivity contribution in [2.75, 3.05) is 4.90 Å². The number of nitrogens with one attached hydrogen (secondary N) is 1. The van der Waals surface area contributed by atoms with Crippen molar-refractivity contribution in [3.63, 3.8) is 0 Å². The maximum Gasteiger partial charge on any atom is 0.174 e. The zero-order valence-electron chi connectivity index (χ0n) is 14.6. The summed E-state index contributed by atoms with van der Waals surface area (Å²) in [5, 5.41) is 4.20. The van der Waals surface area contributed by atoms with E-state index in [9.17, 15) is 0 Å². The van der Waals surface area contributed by atoms with Crippen LogP contribution in [0.5, 0.6) is 0 Å². The molecule has 26 heavy (non-hydrogen) atoms. The average molecular weight is 427 g/mol. The molecule has 1 fully saturated rings. The number of hydrogen-bond acceptors (Lipinski definition) is 2. The highest BCUT2D eigenvalue weighted by atomic mass is 79.9. The van der Waals surface area contributed by atoms with Gasteiger partial charge in [0, 0.05) is 35.8 Å². The molecule has 0 amide bonds. The van der Waals surface area contributed by atoms with E-state index in [0.29, 0.717) is 0 Å². The van der Waals surface area contributed by atoms with Gasteiger partial charge in [-0.2, -0.15) is 0 Å². The van der Waals surface area contributed by atoms with Gasteiger partial charge in [-0.1, -0.05) is 22.0 Å². The zero-order valence-corrected chi connectivity index (χ0v) is 17.0. The van der Waals surface area contributed by atoms with Crippen LogP contribution in [0, 0.1) is 6.92 Å². The van der Waals surface area contributed by atoms with Crippen LogP contribution in [0.15, 0.2) is 65.5 Å². The molecule has 0 radical (unpaired) electrons. The molecule has 0 unspecified atom stereocenters. The Morgan fingerprint density at radius 3 is 2.69 bits per heavy atom. The van der Waals surface area contributed by atoms with Gasteiger partial charge in [-0.15, -0.1) is 0 Å². The number of thiocarbonyl (C=S) groups is 1. The third-order valence-electron chi connectivity index (χ3n) is 4.71. The normalized spacial score (nSPS) is 19.7. The Kier molecular flexibility index (Phi) is 4.54. The molecule has 2 atom stereocenters. The minimum Gasteiger partial charge on any atom is -0.357 e. The number of benzene rings is 1. The molecule has 0 saturated carbocycles. The fraction of sp³-hybridized carbons (Fsp3) is 0.200. The maximum atomic E-state index is 5.73. The van der Waals surface area contributed by atoms with Gasteiger partial charge in [0.25, 0.3) is 0 Å². The van der Waals surface area contributed by atoms with E-state index in [0.717, 1.165) is 21.0 Å². The molecule has 1 N–H and O–H groups in total. The van der Waals surface area contributed by atoms with Crippen LogP contribution in [0.1, 0.15) is 28.9 Å². The van der Waals surface area contributed by atoms with E-state index in [-0.39, 0.29) is 12.1 Å². The molecule has 1 saturated heterocycles. The number of aryl methyl sites for hydroxylation is 2. The summed E-state index contributed by atoms with van der Waals surface area (Å²) >= 11 is 9.31. The number of hydrogen-bond donors (Lipinski definition) is 1. The fourth-order valence-corrected chi connectivity index (χ4v) is 4.04. The summed E-state index contributed by atoms with van der Waals surface area (Å²) in [6.45, 7) is 2.09. The lowest BCUT2D eigenvalue weighted by molar-refractivity contribution is 0.567. The molecule has 3 aromatic rings. The third kappa shape index (κ3) is 3.04. The molecule has 0 aliphatic carbocycles. The van der Waals surface area contributed by atoms with Crippen LogP contribution in [0.4, 0.5) is 5.69 Å². The Balaban J connectivity index is 1.83. The number of aromatic nitrogens is 2. The molecule has 1 aliphatic heterocycles. The van der Waals surface area contributed by atoms with Crippen LogP contribution in [0.3, 0.4) is 0 Å². The van der Waals surface area contributed by atoms with Crippen molar-refractivity contribution < 1.29 is 0 Å². The van der Waals surface area contributed by atoms with Crippen molar-refractivity contribution >= 4 is 38.9 Å². The van der Waals surface area contributed by atoms with Gasteiger partial charge in [-0.25, -0.2) is 0 Å². The predicted molar refractivity (Wildman–Crippen MR) is 112 cm³/mol. The van der Waals surface area contributed by atoms with Crippen molar-refractivity contribution in [3.8, 4) is 0 Å². The summed E-state index contributed by atoms with van der Waals surface area (Å²) in [6, 6.07) is 14.5. The Labute approximate surface area is 167 Å². The highest BCUT2D eigenvalue weighted by Gasteiger charge is 2.41. The molecular weight excluding hydrogens is 408 g/mol. The van der Waals surface area contributed by atoms with Gasteiger partial charge in [0.2, 0.25) is 0 Å². The van der Waals surface area contributed by atoms with Gasteiger partial charge >= 0.3 is 0 Å². The first kappa shape index (κ1) is 17.2. The lowest BCUT2D eigenvalue weighted by Crippen LogP contribution is -2.29. The number of rotatable bonds is 3. The first-order valence-corrected chi connectivity index (χ1v) is 9.63. The van der Waals surface area contributed by atoms with Gasteiger partial charge in [-0.3, -0.25) is 4.98 Å². The van der Waals surface area contributed by atoms with Gasteiger partial charge in [0.15, 0.2) is 5.11 Å². The van der Waals surface area contributed by atoms with Crippen molar-refractivity contribution in [3.05, 3.63) is 82.3 Å². The molecule has 0 bridgehead atoms. The maximum absolute atomic E-state index is 5.73. The van der Waals surface area contributed by atoms with Crippen LogP contribution in [-0.2, 0) is 7.05 Å². The van der Waals surface area contributed by atoms with Crippen molar-refractivity contribution in [1.29, 1.82) is 0 Å². The largest absolute Gasteiger partial charge is 0.357 e. The van der Waals surface area contributed by atoms with E-state index in [1.54, 1.807) is 0 Å². The van der Waals surface area contributed by atoms with Crippen LogP contribution in [0.2, 0.25) is 0 Å². The lowest BCUT2D eigenvalue weighted by atomic mass is 9.98. The van der Waals surface area contributed by atoms with Crippen molar-refractivity contribution in [2.45, 2.75) is 19.0 Å². The fourth-order valence-electron chi connectivity index (χ4n) is 3.45. The first-order valence-electron chi connectivity index (χ1n) is 8.43. The number of pyridine rings is 1. The van der Waals surface area contributed by atoms with E-state index in [4.69, 9.17) is 12.2 Å². The van der Waals surface area contributed by atoms with Crippen LogP contribution >= 0.6 is 28.1 Å². The SMILES string of the molecule is Cc1cc(N2C(=S)N[C@@H](c3ccccn3)[C@@H]2c2ccn(C)c2)ccc1Br. The Hall–Kier alpha value is -2.18. The van der Waals surface area contributed by atoms with Gasteiger partial charge in [-0.05, 0) is 66.7 Å². The minimum atomic E-state index is -0.00458. The Morgan fingerprint density at radius 1 is 1.19 bits per heavy atom. The predicted octanol–water partition coefficient (Wildman–Crippen LogP) is 4.67. The van der Waals surface area contributed by atoms with Crippen LogP contribution < -0.4 is 10.2 Å². The van der Waals surface area contributed by atoms with E-state index in [1.807, 2.05) is 31.4 Å². The summed E-state index contributed by atoms with van der Waals surface area (Å²) in [6.07, 6.45) is 6.04. The highest BCUT2D eigenvalue weighted by molar-refractivity contribution is 9.10. The van der Waals surface area contributed by atoms with Crippen LogP contribution in [-0.4, -0.2) is 14.7 Å². The van der Waals surface area contributed by atoms with Gasteiger partial charge < -0.3 is 14.8 Å². The molecule has 6 heteroatoms. The van der Waals surface area contributed by atoms with Crippen molar-refractivity contribution in [2.24, 2.45) is 7.05 Å². The Morgan fingerprint density at radius 2 is 2.04 bits per heavy atom. The molecule has 1 aliphatic rings. The second kappa shape index (κ2) is 6.85. The smallest absolute Gasteiger partial charge is 0.174 e. The summed E-state index contributed by atoms with van der Waals surface area (Å²) in [7, 11) is 2.04. The van der Waals surface area contributed by atoms with Gasteiger partial charge in [0.1, 0.15) is 0 Å². The van der Waals surface area contributed by atoms with Crippen LogP contribution in [0.25, 0.3) is 0 Å². The summed E-state index contributed by atoms with van der Waals surface area (Å²) < 4.78 is 3.16. The second-order valence-electron chi connectivity index (χ2n) is 6.54. The standard InChI is InChI=1S/C20H19BrN4S/c1-13-11-15(6-7-16(13)21)25-19(14-8-10-24(2)12-14)18(23-20(25)26)17-5-3-4-9-22-17/h3-12,18-19H,1-2H3,(H,23,26)/t18-,19-/m0/s1. The number of anilines is 1. The molecule has 3 heterocycles. The summed E-state index contributed by atoms with van der Waals surface area (Å²) in [5.41, 5.74) is 4.45. The molecule has 4 rings (SSSR count). The monoisotopic (exact) mass is 426 g/mol. The molecular formula is C20H19BrN4S. The summed E-state index contributed by atoms with van der Waals surface area (Å²) in [4.78, 5) is 6.77. The van der Waals surface area contributed by atoms with E-state index in [1.165, 1.54) is 11.1 Å². The van der Waals surface area contributed by atoms with E-state index in [2.05, 4.69) is 79.3 Å². The average Bonchev–Trinajstić information content (AvgIpc) is 3.21. The minimum absolute atomic E-state index is 0.00458. The topological polar surface area (TPSA) is 33.1 Å². The lowest BCUT2D eigenvalue weighted by Gasteiger charge is -2.27. The number of halogens is 1. The molecule has 0 spiro atoms. The second-order valence-corrected chi connectivity index (χ2v) is 7.78. The first-order chi connectivity index (χ1) is 12.5. The number of nitrogens with zero attached hydrogens (tertiary/aromatic N) is 3. The zero-order chi connectivity index (χ0) is 18.3. The van der Waals surface area contributed by atoms with Gasteiger partial charge in [0.05, 0.1) is 17.8 Å². The summed E-state index contributed by atoms with van der Waals surface area (Å²) in [5.74, 6) is 0. The third-order valence-corrected chi connectivity index (χ3v) is 5.92. The molecule has 132 valence electrons. The van der Waals surface area contributed by atoms with E-state index < -0.39 is 0 Å². The highest BCUT2D eigenvalue weighted by Crippen LogP contribution is 2.42. The quantitative estimate of drug-likeness (QED) is 0.616. The van der Waals surface area contributed by atoms with Crippen molar-refractivity contribution in [1.82, 2.24) is 14.9 Å². The molecule has 2 aromatic heterocycles. The van der Waals surface area contributed by atoms with E-state index >= 15 is 0 Å². The Bertz CT molecular complexity index is 953.